The number of carbonyl (C=O) groups excluding carboxylic acids is 1. The van der Waals surface area contributed by atoms with E-state index >= 15 is 0 Å². The molecule has 2 rings (SSSR count). The zero-order chi connectivity index (χ0) is 13.3. The summed E-state index contributed by atoms with van der Waals surface area (Å²) in [6.07, 6.45) is 0.783. The average Bonchev–Trinajstić information content (AvgIpc) is 2.31. The number of fused-ring (bicyclic) bond motifs is 1. The van der Waals surface area contributed by atoms with Crippen LogP contribution in [0.1, 0.15) is 17.7 Å². The fourth-order valence-corrected chi connectivity index (χ4v) is 2.40. The van der Waals surface area contributed by atoms with Crippen LogP contribution in [0, 0.1) is 6.92 Å². The third kappa shape index (κ3) is 2.57. The van der Waals surface area contributed by atoms with Gasteiger partial charge in [0.15, 0.2) is 0 Å². The lowest BCUT2D eigenvalue weighted by Crippen LogP contribution is -2.11. The number of hydrogen-bond acceptors (Lipinski definition) is 2. The fraction of sp³-hybridized carbons (Fsp3) is 0.231. The first-order valence-corrected chi connectivity index (χ1v) is 6.27. The number of aryl methyl sites for hydroxylation is 2. The van der Waals surface area contributed by atoms with E-state index in [9.17, 15) is 4.79 Å². The van der Waals surface area contributed by atoms with Crippen LogP contribution in [-0.2, 0) is 11.2 Å². The lowest BCUT2D eigenvalue weighted by molar-refractivity contribution is -0.118. The highest BCUT2D eigenvalue weighted by molar-refractivity contribution is 6.40. The molecule has 0 saturated carbocycles. The van der Waals surface area contributed by atoms with Crippen molar-refractivity contribution in [2.75, 3.05) is 0 Å². The minimum Gasteiger partial charge on any atom is -0.370 e. The molecule has 0 spiro atoms. The highest BCUT2D eigenvalue weighted by Gasteiger charge is 2.10. The van der Waals surface area contributed by atoms with Gasteiger partial charge in [0.05, 0.1) is 15.6 Å². The summed E-state index contributed by atoms with van der Waals surface area (Å²) in [7, 11) is 0. The number of halogens is 2. The molecule has 5 heteroatoms. The van der Waals surface area contributed by atoms with Crippen molar-refractivity contribution in [3.8, 4) is 0 Å². The summed E-state index contributed by atoms with van der Waals surface area (Å²) in [5, 5.41) is 2.03. The molecule has 0 aliphatic heterocycles. The summed E-state index contributed by atoms with van der Waals surface area (Å²) >= 11 is 12.3. The Hall–Kier alpha value is -1.32. The van der Waals surface area contributed by atoms with Crippen molar-refractivity contribution in [2.45, 2.75) is 19.8 Å². The maximum Gasteiger partial charge on any atom is 0.217 e. The number of aromatic nitrogens is 1. The Bertz CT molecular complexity index is 626. The topological polar surface area (TPSA) is 56.0 Å². The Morgan fingerprint density at radius 1 is 1.33 bits per heavy atom. The van der Waals surface area contributed by atoms with Crippen LogP contribution in [0.3, 0.4) is 0 Å². The molecular weight excluding hydrogens is 271 g/mol. The molecule has 3 nitrogen and oxygen atoms in total. The first-order chi connectivity index (χ1) is 8.49. The number of rotatable bonds is 3. The Morgan fingerprint density at radius 3 is 2.67 bits per heavy atom. The molecular formula is C13H12Cl2N2O. The molecule has 0 radical (unpaired) electrons. The van der Waals surface area contributed by atoms with Crippen molar-refractivity contribution < 1.29 is 4.79 Å². The number of nitrogens with zero attached hydrogens (tertiary/aromatic N) is 1. The summed E-state index contributed by atoms with van der Waals surface area (Å²) in [6.45, 7) is 1.94. The summed E-state index contributed by atoms with van der Waals surface area (Å²) in [5.74, 6) is -0.341. The maximum atomic E-state index is 10.8. The van der Waals surface area contributed by atoms with Gasteiger partial charge in [-0.3, -0.25) is 9.78 Å². The molecule has 0 saturated heterocycles. The Morgan fingerprint density at radius 2 is 2.00 bits per heavy atom. The van der Waals surface area contributed by atoms with Gasteiger partial charge >= 0.3 is 0 Å². The van der Waals surface area contributed by atoms with Gasteiger partial charge in [0.25, 0.3) is 0 Å². The van der Waals surface area contributed by atoms with Crippen LogP contribution in [0.25, 0.3) is 10.9 Å². The zero-order valence-corrected chi connectivity index (χ0v) is 11.3. The summed E-state index contributed by atoms with van der Waals surface area (Å²) in [5.41, 5.74) is 7.59. The molecule has 2 aromatic rings. The second-order valence-corrected chi connectivity index (χ2v) is 4.96. The molecule has 0 atom stereocenters. The first-order valence-electron chi connectivity index (χ1n) is 5.51. The van der Waals surface area contributed by atoms with Crippen molar-refractivity contribution in [2.24, 2.45) is 5.73 Å². The van der Waals surface area contributed by atoms with Crippen LogP contribution in [0.4, 0.5) is 0 Å². The van der Waals surface area contributed by atoms with Crippen molar-refractivity contribution >= 4 is 40.0 Å². The lowest BCUT2D eigenvalue weighted by atomic mass is 10.1. The molecule has 1 aromatic carbocycles. The summed E-state index contributed by atoms with van der Waals surface area (Å²) < 4.78 is 0. The van der Waals surface area contributed by atoms with E-state index in [1.54, 1.807) is 12.1 Å². The molecule has 1 amide bonds. The summed E-state index contributed by atoms with van der Waals surface area (Å²) in [4.78, 5) is 15.2. The number of benzene rings is 1. The predicted octanol–water partition coefficient (Wildman–Crippen LogP) is 3.27. The van der Waals surface area contributed by atoms with Crippen molar-refractivity contribution in [3.63, 3.8) is 0 Å². The number of carbonyl (C=O) groups is 1. The molecule has 1 aromatic heterocycles. The number of pyridine rings is 1. The zero-order valence-electron chi connectivity index (χ0n) is 9.84. The van der Waals surface area contributed by atoms with Crippen LogP contribution < -0.4 is 5.73 Å². The molecule has 1 heterocycles. The van der Waals surface area contributed by atoms with Gasteiger partial charge in [-0.25, -0.2) is 0 Å². The van der Waals surface area contributed by atoms with Crippen LogP contribution in [-0.4, -0.2) is 10.9 Å². The molecule has 0 aliphatic rings. The number of amides is 1. The summed E-state index contributed by atoms with van der Waals surface area (Å²) in [6, 6.07) is 5.38. The van der Waals surface area contributed by atoms with Crippen LogP contribution in [0.2, 0.25) is 10.0 Å². The monoisotopic (exact) mass is 282 g/mol. The van der Waals surface area contributed by atoms with Gasteiger partial charge in [0.1, 0.15) is 0 Å². The fourth-order valence-electron chi connectivity index (χ4n) is 1.90. The van der Waals surface area contributed by atoms with Crippen LogP contribution in [0.5, 0.6) is 0 Å². The molecule has 0 fully saturated rings. The van der Waals surface area contributed by atoms with E-state index in [-0.39, 0.29) is 12.3 Å². The lowest BCUT2D eigenvalue weighted by Gasteiger charge is -2.08. The Balaban J connectivity index is 2.54. The van der Waals surface area contributed by atoms with Crippen LogP contribution >= 0.6 is 23.2 Å². The van der Waals surface area contributed by atoms with Gasteiger partial charge in [0.2, 0.25) is 5.91 Å². The number of primary amides is 1. The van der Waals surface area contributed by atoms with Gasteiger partial charge in [-0.2, -0.15) is 0 Å². The van der Waals surface area contributed by atoms with E-state index in [2.05, 4.69) is 4.98 Å². The normalized spacial score (nSPS) is 10.8. The molecule has 18 heavy (non-hydrogen) atoms. The van der Waals surface area contributed by atoms with E-state index < -0.39 is 0 Å². The second-order valence-electron chi connectivity index (χ2n) is 4.15. The number of nitrogens with two attached hydrogens (primary N) is 1. The van der Waals surface area contributed by atoms with Crippen molar-refractivity contribution in [1.29, 1.82) is 0 Å². The number of hydrogen-bond donors (Lipinski definition) is 1. The van der Waals surface area contributed by atoms with Gasteiger partial charge in [-0.05, 0) is 37.1 Å². The van der Waals surface area contributed by atoms with Gasteiger partial charge in [-0.15, -0.1) is 0 Å². The van der Waals surface area contributed by atoms with Crippen molar-refractivity contribution in [1.82, 2.24) is 4.98 Å². The second kappa shape index (κ2) is 5.12. The highest BCUT2D eigenvalue weighted by Crippen LogP contribution is 2.31. The van der Waals surface area contributed by atoms with E-state index in [1.807, 2.05) is 13.0 Å². The predicted molar refractivity (Wildman–Crippen MR) is 74.0 cm³/mol. The smallest absolute Gasteiger partial charge is 0.217 e. The third-order valence-electron chi connectivity index (χ3n) is 2.74. The van der Waals surface area contributed by atoms with Gasteiger partial charge in [-0.1, -0.05) is 23.2 Å². The first kappa shape index (κ1) is 13.1. The van der Waals surface area contributed by atoms with E-state index in [0.29, 0.717) is 22.0 Å². The molecule has 0 aliphatic carbocycles. The van der Waals surface area contributed by atoms with Gasteiger partial charge < -0.3 is 5.73 Å². The van der Waals surface area contributed by atoms with E-state index in [4.69, 9.17) is 28.9 Å². The third-order valence-corrected chi connectivity index (χ3v) is 3.36. The molecule has 0 unspecified atom stereocenters. The Labute approximate surface area is 115 Å². The van der Waals surface area contributed by atoms with E-state index in [1.165, 1.54) is 0 Å². The average molecular weight is 283 g/mol. The van der Waals surface area contributed by atoms with E-state index in [0.717, 1.165) is 16.6 Å². The quantitative estimate of drug-likeness (QED) is 0.939. The SMILES string of the molecule is Cc1cc(CCC(N)=O)nc2c(Cl)ccc(Cl)c12. The molecule has 94 valence electrons. The van der Waals surface area contributed by atoms with Crippen molar-refractivity contribution in [3.05, 3.63) is 39.5 Å². The minimum atomic E-state index is -0.341. The van der Waals surface area contributed by atoms with Crippen LogP contribution in [0.15, 0.2) is 18.2 Å². The minimum absolute atomic E-state index is 0.274. The highest BCUT2D eigenvalue weighted by atomic mass is 35.5. The standard InChI is InChI=1S/C13H12Cl2N2O/c1-7-6-8(2-5-11(16)18)17-13-10(15)4-3-9(14)12(7)13/h3-4,6H,2,5H2,1H3,(H2,16,18). The van der Waals surface area contributed by atoms with Gasteiger partial charge in [0, 0.05) is 17.5 Å². The molecule has 0 bridgehead atoms. The maximum absolute atomic E-state index is 10.8. The molecule has 2 N–H and O–H groups in total. The Kier molecular flexibility index (Phi) is 3.73. The largest absolute Gasteiger partial charge is 0.370 e.